The van der Waals surface area contributed by atoms with Crippen LogP contribution < -0.4 is 16.6 Å². The van der Waals surface area contributed by atoms with E-state index < -0.39 is 18.0 Å². The zero-order valence-electron chi connectivity index (χ0n) is 8.92. The number of hydrogen-bond acceptors (Lipinski definition) is 5. The van der Waals surface area contributed by atoms with E-state index in [1.54, 1.807) is 0 Å². The third-order valence-electron chi connectivity index (χ3n) is 1.69. The van der Waals surface area contributed by atoms with E-state index >= 15 is 0 Å². The lowest BCUT2D eigenvalue weighted by atomic mass is 10.2. The lowest BCUT2D eigenvalue weighted by Crippen LogP contribution is -2.32. The van der Waals surface area contributed by atoms with Crippen molar-refractivity contribution in [2.45, 2.75) is 18.9 Å². The highest BCUT2D eigenvalue weighted by atomic mass is 16.4. The molecule has 9 nitrogen and oxygen atoms in total. The minimum absolute atomic E-state index is 0.164. The number of amides is 1. The summed E-state index contributed by atoms with van der Waals surface area (Å²) in [5, 5.41) is 18.6. The third-order valence-corrected chi connectivity index (χ3v) is 1.69. The zero-order valence-corrected chi connectivity index (χ0v) is 8.92. The quantitative estimate of drug-likeness (QED) is 0.165. The number of carboxylic acids is 2. The topological polar surface area (TPSA) is 154 Å². The molecule has 0 aliphatic carbocycles. The van der Waals surface area contributed by atoms with E-state index in [9.17, 15) is 14.4 Å². The van der Waals surface area contributed by atoms with Gasteiger partial charge in [0.05, 0.1) is 6.34 Å². The molecule has 1 fully saturated rings. The second-order valence-electron chi connectivity index (χ2n) is 3.03. The Hall–Kier alpha value is -2.16. The molecule has 1 aliphatic rings. The van der Waals surface area contributed by atoms with Crippen LogP contribution in [-0.4, -0.2) is 47.0 Å². The standard InChI is InChI=1S/C5H7NO3.C3H7N3O2/c7-4-2-1-3(6-4)5(8)9;4-6-2-5-1-3(7)8/h3H,1-2H2,(H,6,7)(H,8,9);2H,1,4H2,(H,5,6)(H,7,8)/t3-;/m0./s1. The number of nitrogens with one attached hydrogen (secondary N) is 2. The Morgan fingerprint density at radius 3 is 2.53 bits per heavy atom. The number of nitrogens with zero attached hydrogens (tertiary/aromatic N) is 1. The van der Waals surface area contributed by atoms with Crippen molar-refractivity contribution in [3.8, 4) is 0 Å². The molecule has 0 aromatic heterocycles. The van der Waals surface area contributed by atoms with E-state index in [0.29, 0.717) is 12.8 Å². The number of aliphatic carboxylic acids is 2. The number of carboxylic acid groups (broad SMARTS) is 2. The molecule has 0 aromatic carbocycles. The van der Waals surface area contributed by atoms with Crippen molar-refractivity contribution < 1.29 is 24.6 Å². The maximum atomic E-state index is 10.4. The van der Waals surface area contributed by atoms with E-state index in [-0.39, 0.29) is 12.5 Å². The van der Waals surface area contributed by atoms with Crippen molar-refractivity contribution in [2.24, 2.45) is 10.8 Å². The van der Waals surface area contributed by atoms with Gasteiger partial charge in [-0.05, 0) is 6.42 Å². The number of aliphatic imine (C=N–C) groups is 1. The van der Waals surface area contributed by atoms with E-state index in [0.717, 1.165) is 6.34 Å². The maximum Gasteiger partial charge on any atom is 0.326 e. The van der Waals surface area contributed by atoms with Gasteiger partial charge < -0.3 is 21.0 Å². The molecular weight excluding hydrogens is 232 g/mol. The molecule has 1 saturated heterocycles. The van der Waals surface area contributed by atoms with Gasteiger partial charge in [0.2, 0.25) is 5.91 Å². The van der Waals surface area contributed by atoms with E-state index in [1.807, 2.05) is 0 Å². The number of hydrazine groups is 1. The predicted molar refractivity (Wildman–Crippen MR) is 57.1 cm³/mol. The Balaban J connectivity index is 0.000000304. The smallest absolute Gasteiger partial charge is 0.326 e. The van der Waals surface area contributed by atoms with Crippen LogP contribution >= 0.6 is 0 Å². The number of hydrogen-bond donors (Lipinski definition) is 5. The molecule has 1 rings (SSSR count). The van der Waals surface area contributed by atoms with Crippen LogP contribution in [0.1, 0.15) is 12.8 Å². The molecule has 96 valence electrons. The first-order valence-corrected chi connectivity index (χ1v) is 4.65. The number of nitrogens with two attached hydrogens (primary N) is 1. The molecule has 17 heavy (non-hydrogen) atoms. The number of carbonyl (C=O) groups is 3. The van der Waals surface area contributed by atoms with Gasteiger partial charge in [-0.25, -0.2) is 10.6 Å². The first kappa shape index (κ1) is 14.8. The SMILES string of the molecule is NNC=NCC(=O)O.O=C1CC[C@@H](C(=O)O)N1. The maximum absolute atomic E-state index is 10.4. The fourth-order valence-corrected chi connectivity index (χ4v) is 0.976. The second-order valence-corrected chi connectivity index (χ2v) is 3.03. The molecule has 0 radical (unpaired) electrons. The van der Waals surface area contributed by atoms with Crippen LogP contribution in [0.5, 0.6) is 0 Å². The van der Waals surface area contributed by atoms with Crippen molar-refractivity contribution in [3.05, 3.63) is 0 Å². The Morgan fingerprint density at radius 2 is 2.24 bits per heavy atom. The lowest BCUT2D eigenvalue weighted by Gasteiger charge is -1.99. The van der Waals surface area contributed by atoms with Gasteiger partial charge in [-0.2, -0.15) is 0 Å². The van der Waals surface area contributed by atoms with E-state index in [2.05, 4.69) is 15.7 Å². The van der Waals surface area contributed by atoms with Gasteiger partial charge in [-0.3, -0.25) is 14.6 Å². The normalized spacial score (nSPS) is 18.2. The fraction of sp³-hybridized carbons (Fsp3) is 0.500. The summed E-state index contributed by atoms with van der Waals surface area (Å²) in [6, 6.07) is -0.641. The van der Waals surface area contributed by atoms with Gasteiger partial charge in [0.25, 0.3) is 0 Å². The van der Waals surface area contributed by atoms with Gasteiger partial charge in [0.15, 0.2) is 0 Å². The summed E-state index contributed by atoms with van der Waals surface area (Å²) in [6.45, 7) is -0.246. The van der Waals surface area contributed by atoms with Gasteiger partial charge >= 0.3 is 11.9 Å². The summed E-state index contributed by atoms with van der Waals surface area (Å²) in [5.74, 6) is 2.64. The van der Waals surface area contributed by atoms with Crippen molar-refractivity contribution in [1.82, 2.24) is 10.7 Å². The summed E-state index contributed by atoms with van der Waals surface area (Å²) in [5.41, 5.74) is 2.07. The van der Waals surface area contributed by atoms with Crippen LogP contribution in [0.3, 0.4) is 0 Å². The van der Waals surface area contributed by atoms with Gasteiger partial charge in [0.1, 0.15) is 12.6 Å². The molecule has 0 aromatic rings. The molecule has 0 saturated carbocycles. The molecule has 6 N–H and O–H groups in total. The van der Waals surface area contributed by atoms with Crippen molar-refractivity contribution in [1.29, 1.82) is 0 Å². The summed E-state index contributed by atoms with van der Waals surface area (Å²) in [6.07, 6.45) is 1.89. The fourth-order valence-electron chi connectivity index (χ4n) is 0.976. The average molecular weight is 246 g/mol. The van der Waals surface area contributed by atoms with Gasteiger partial charge in [-0.15, -0.1) is 0 Å². The molecule has 1 atom stereocenters. The van der Waals surface area contributed by atoms with Crippen LogP contribution in [0, 0.1) is 0 Å². The second kappa shape index (κ2) is 8.05. The highest BCUT2D eigenvalue weighted by molar-refractivity contribution is 5.87. The molecule has 1 aliphatic heterocycles. The summed E-state index contributed by atoms with van der Waals surface area (Å²) < 4.78 is 0. The van der Waals surface area contributed by atoms with Crippen LogP contribution in [0.25, 0.3) is 0 Å². The van der Waals surface area contributed by atoms with E-state index in [1.165, 1.54) is 0 Å². The minimum atomic E-state index is -0.975. The van der Waals surface area contributed by atoms with Gasteiger partial charge in [-0.1, -0.05) is 0 Å². The Morgan fingerprint density at radius 1 is 1.59 bits per heavy atom. The van der Waals surface area contributed by atoms with Crippen molar-refractivity contribution in [2.75, 3.05) is 6.54 Å². The predicted octanol–water partition coefficient (Wildman–Crippen LogP) is -2.09. The number of carbonyl (C=O) groups excluding carboxylic acids is 1. The highest BCUT2D eigenvalue weighted by Gasteiger charge is 2.26. The first-order chi connectivity index (χ1) is 7.97. The monoisotopic (exact) mass is 246 g/mol. The third kappa shape index (κ3) is 7.73. The summed E-state index contributed by atoms with van der Waals surface area (Å²) in [4.78, 5) is 33.5. The van der Waals surface area contributed by atoms with Crippen LogP contribution in [0.2, 0.25) is 0 Å². The molecule has 1 amide bonds. The molecule has 9 heteroatoms. The van der Waals surface area contributed by atoms with Gasteiger partial charge in [0, 0.05) is 6.42 Å². The molecule has 0 unspecified atom stereocenters. The zero-order chi connectivity index (χ0) is 13.3. The first-order valence-electron chi connectivity index (χ1n) is 4.65. The van der Waals surface area contributed by atoms with Crippen LogP contribution in [-0.2, 0) is 14.4 Å². The Kier molecular flexibility index (Phi) is 7.02. The highest BCUT2D eigenvalue weighted by Crippen LogP contribution is 2.05. The molecule has 1 heterocycles. The van der Waals surface area contributed by atoms with Crippen LogP contribution in [0.15, 0.2) is 4.99 Å². The summed E-state index contributed by atoms with van der Waals surface area (Å²) in [7, 11) is 0. The average Bonchev–Trinajstić information content (AvgIpc) is 2.66. The summed E-state index contributed by atoms with van der Waals surface area (Å²) >= 11 is 0. The Bertz CT molecular complexity index is 317. The molecule has 0 bridgehead atoms. The minimum Gasteiger partial charge on any atom is -0.480 e. The van der Waals surface area contributed by atoms with Crippen LogP contribution in [0.4, 0.5) is 0 Å². The number of rotatable bonds is 4. The lowest BCUT2D eigenvalue weighted by molar-refractivity contribution is -0.140. The molecule has 0 spiro atoms. The van der Waals surface area contributed by atoms with Crippen molar-refractivity contribution >= 4 is 24.2 Å². The van der Waals surface area contributed by atoms with E-state index in [4.69, 9.17) is 16.1 Å². The molecular formula is C8H14N4O5. The Labute approximate surface area is 96.7 Å². The largest absolute Gasteiger partial charge is 0.480 e. The van der Waals surface area contributed by atoms with Crippen molar-refractivity contribution in [3.63, 3.8) is 0 Å².